The molecule has 3 heterocycles. The van der Waals surface area contributed by atoms with Gasteiger partial charge in [0.2, 0.25) is 0 Å². The molecule has 3 heteroatoms. The molecule has 156 valence electrons. The van der Waals surface area contributed by atoms with E-state index in [0.717, 1.165) is 17.1 Å². The Bertz CT molecular complexity index is 1580. The Balaban J connectivity index is 1.54. The number of hydrogen-bond donors (Lipinski definition) is 1. The molecule has 6 rings (SSSR count). The van der Waals surface area contributed by atoms with Crippen LogP contribution in [0, 0.1) is 27.7 Å². The number of aliphatic imine (C=N–C) groups is 1. The van der Waals surface area contributed by atoms with E-state index < -0.39 is 0 Å². The quantitative estimate of drug-likeness (QED) is 0.293. The molecule has 0 spiro atoms. The number of nitrogens with one attached hydrogen (secondary N) is 1. The van der Waals surface area contributed by atoms with Gasteiger partial charge in [0.15, 0.2) is 0 Å². The molecule has 0 saturated carbocycles. The molecule has 1 aliphatic rings. The van der Waals surface area contributed by atoms with Gasteiger partial charge < -0.3 is 4.98 Å². The van der Waals surface area contributed by atoms with Crippen LogP contribution >= 0.6 is 11.3 Å². The monoisotopic (exact) mass is 432 g/mol. The van der Waals surface area contributed by atoms with Gasteiger partial charge in [-0.05, 0) is 63.1 Å². The van der Waals surface area contributed by atoms with Crippen molar-refractivity contribution >= 4 is 49.1 Å². The fraction of sp³-hybridized carbons (Fsp3) is 0.138. The molecule has 2 nitrogen and oxygen atoms in total. The Morgan fingerprint density at radius 2 is 1.56 bits per heavy atom. The Morgan fingerprint density at radius 1 is 0.781 bits per heavy atom. The lowest BCUT2D eigenvalue weighted by Crippen LogP contribution is -2.06. The van der Waals surface area contributed by atoms with Crippen molar-refractivity contribution in [2.45, 2.75) is 27.7 Å². The molecule has 0 bridgehead atoms. The maximum Gasteiger partial charge on any atom is 0.0794 e. The molecule has 0 atom stereocenters. The van der Waals surface area contributed by atoms with Crippen LogP contribution in [0.5, 0.6) is 0 Å². The van der Waals surface area contributed by atoms with E-state index in [-0.39, 0.29) is 0 Å². The maximum atomic E-state index is 5.19. The minimum Gasteiger partial charge on any atom is -0.354 e. The molecule has 0 fully saturated rings. The van der Waals surface area contributed by atoms with Crippen LogP contribution in [0.1, 0.15) is 44.6 Å². The van der Waals surface area contributed by atoms with E-state index in [0.29, 0.717) is 0 Å². The lowest BCUT2D eigenvalue weighted by molar-refractivity contribution is 1.30. The van der Waals surface area contributed by atoms with Crippen LogP contribution in [-0.4, -0.2) is 10.7 Å². The first kappa shape index (κ1) is 19.3. The highest BCUT2D eigenvalue weighted by molar-refractivity contribution is 7.25. The van der Waals surface area contributed by atoms with Crippen LogP contribution in [-0.2, 0) is 0 Å². The highest BCUT2D eigenvalue weighted by Gasteiger charge is 2.24. The van der Waals surface area contributed by atoms with E-state index >= 15 is 0 Å². The summed E-state index contributed by atoms with van der Waals surface area (Å²) in [7, 11) is 0. The summed E-state index contributed by atoms with van der Waals surface area (Å²) in [6.45, 7) is 8.70. The first-order valence-electron chi connectivity index (χ1n) is 11.0. The number of fused-ring (bicyclic) bond motifs is 4. The summed E-state index contributed by atoms with van der Waals surface area (Å²) in [5.74, 6) is 0. The third-order valence-corrected chi connectivity index (χ3v) is 7.44. The topological polar surface area (TPSA) is 28.1 Å². The van der Waals surface area contributed by atoms with Gasteiger partial charge in [0.05, 0.1) is 21.6 Å². The smallest absolute Gasteiger partial charge is 0.0794 e. The van der Waals surface area contributed by atoms with Gasteiger partial charge in [-0.15, -0.1) is 11.3 Å². The first-order chi connectivity index (χ1) is 15.5. The van der Waals surface area contributed by atoms with E-state index in [1.807, 2.05) is 11.3 Å². The summed E-state index contributed by atoms with van der Waals surface area (Å²) in [5, 5.41) is 1.29. The fourth-order valence-electron chi connectivity index (χ4n) is 5.01. The minimum atomic E-state index is 1.02. The molecular weight excluding hydrogens is 408 g/mol. The average Bonchev–Trinajstić information content (AvgIpc) is 3.39. The van der Waals surface area contributed by atoms with Crippen molar-refractivity contribution in [3.63, 3.8) is 0 Å². The largest absolute Gasteiger partial charge is 0.354 e. The van der Waals surface area contributed by atoms with E-state index in [4.69, 9.17) is 4.99 Å². The molecule has 0 radical (unpaired) electrons. The summed E-state index contributed by atoms with van der Waals surface area (Å²) in [6.07, 6.45) is 2.20. The SMILES string of the molecule is Cc1cc(C)c(C2=NC(=Cc3cc4sc5ccccc5c4[nH]3)c3ccc(C)cc32)c(C)c1. The molecular formula is C29H24N2S. The predicted octanol–water partition coefficient (Wildman–Crippen LogP) is 7.97. The second-order valence-electron chi connectivity index (χ2n) is 8.87. The number of aryl methyl sites for hydroxylation is 4. The van der Waals surface area contributed by atoms with Gasteiger partial charge in [-0.3, -0.25) is 0 Å². The van der Waals surface area contributed by atoms with Gasteiger partial charge in [-0.1, -0.05) is 53.6 Å². The van der Waals surface area contributed by atoms with E-state index in [2.05, 4.69) is 99.4 Å². The van der Waals surface area contributed by atoms with Gasteiger partial charge in [-0.25, -0.2) is 4.99 Å². The Hall–Kier alpha value is -3.43. The molecule has 0 saturated heterocycles. The van der Waals surface area contributed by atoms with Crippen LogP contribution in [0.2, 0.25) is 0 Å². The van der Waals surface area contributed by atoms with Gasteiger partial charge >= 0.3 is 0 Å². The van der Waals surface area contributed by atoms with Crippen molar-refractivity contribution in [2.75, 3.05) is 0 Å². The number of hydrogen-bond acceptors (Lipinski definition) is 2. The van der Waals surface area contributed by atoms with Gasteiger partial charge in [0.1, 0.15) is 0 Å². The normalized spacial score (nSPS) is 14.5. The van der Waals surface area contributed by atoms with Gasteiger partial charge in [0, 0.05) is 32.5 Å². The number of H-pyrrole nitrogens is 1. The average molecular weight is 433 g/mol. The summed E-state index contributed by atoms with van der Waals surface area (Å²) >= 11 is 1.83. The molecule has 5 aromatic rings. The molecule has 1 aliphatic heterocycles. The third-order valence-electron chi connectivity index (χ3n) is 6.32. The first-order valence-corrected chi connectivity index (χ1v) is 11.8. The van der Waals surface area contributed by atoms with Gasteiger partial charge in [0.25, 0.3) is 0 Å². The summed E-state index contributed by atoms with van der Waals surface area (Å²) in [5.41, 5.74) is 13.2. The third kappa shape index (κ3) is 2.96. The number of aromatic amines is 1. The standard InChI is InChI=1S/C29H24N2S/c1-16-9-10-21-23(13-16)29(27-18(3)11-17(2)12-19(27)4)31-24(21)14-20-15-26-28(30-20)22-7-5-6-8-25(22)32-26/h5-15,30H,1-4H3. The minimum absolute atomic E-state index is 1.02. The second-order valence-corrected chi connectivity index (χ2v) is 9.96. The van der Waals surface area contributed by atoms with Crippen molar-refractivity contribution in [1.29, 1.82) is 0 Å². The Morgan fingerprint density at radius 3 is 2.38 bits per heavy atom. The maximum absolute atomic E-state index is 5.19. The number of nitrogens with zero attached hydrogens (tertiary/aromatic N) is 1. The zero-order chi connectivity index (χ0) is 22.0. The number of rotatable bonds is 2. The van der Waals surface area contributed by atoms with Crippen molar-refractivity contribution < 1.29 is 0 Å². The summed E-state index contributed by atoms with van der Waals surface area (Å²) < 4.78 is 2.61. The molecule has 0 unspecified atom stereocenters. The number of benzene rings is 3. The van der Waals surface area contributed by atoms with Crippen molar-refractivity contribution in [3.8, 4) is 0 Å². The second kappa shape index (κ2) is 7.04. The van der Waals surface area contributed by atoms with Crippen molar-refractivity contribution in [3.05, 3.63) is 105 Å². The zero-order valence-electron chi connectivity index (χ0n) is 18.7. The van der Waals surface area contributed by atoms with Gasteiger partial charge in [-0.2, -0.15) is 0 Å². The highest BCUT2D eigenvalue weighted by atomic mass is 32.1. The number of thiophene rings is 1. The summed E-state index contributed by atoms with van der Waals surface area (Å²) in [6, 6.07) is 22.0. The lowest BCUT2D eigenvalue weighted by Gasteiger charge is -2.12. The van der Waals surface area contributed by atoms with Crippen LogP contribution in [0.4, 0.5) is 0 Å². The lowest BCUT2D eigenvalue weighted by atomic mass is 9.91. The van der Waals surface area contributed by atoms with Crippen molar-refractivity contribution in [2.24, 2.45) is 4.99 Å². The van der Waals surface area contributed by atoms with Crippen molar-refractivity contribution in [1.82, 2.24) is 4.98 Å². The van der Waals surface area contributed by atoms with Crippen LogP contribution in [0.15, 0.2) is 65.7 Å². The molecule has 0 amide bonds. The van der Waals surface area contributed by atoms with Crippen LogP contribution in [0.25, 0.3) is 32.1 Å². The van der Waals surface area contributed by atoms with Crippen LogP contribution < -0.4 is 0 Å². The van der Waals surface area contributed by atoms with E-state index in [9.17, 15) is 0 Å². The van der Waals surface area contributed by atoms with Crippen LogP contribution in [0.3, 0.4) is 0 Å². The van der Waals surface area contributed by atoms with E-state index in [1.54, 1.807) is 0 Å². The Labute approximate surface area is 192 Å². The molecule has 3 aromatic carbocycles. The fourth-order valence-corrected chi connectivity index (χ4v) is 6.13. The summed E-state index contributed by atoms with van der Waals surface area (Å²) in [4.78, 5) is 8.83. The molecule has 32 heavy (non-hydrogen) atoms. The predicted molar refractivity (Wildman–Crippen MR) is 139 cm³/mol. The Kier molecular flexibility index (Phi) is 4.24. The molecule has 0 aliphatic carbocycles. The van der Waals surface area contributed by atoms with E-state index in [1.165, 1.54) is 59.2 Å². The molecule has 2 aromatic heterocycles. The number of aromatic nitrogens is 1. The highest BCUT2D eigenvalue weighted by Crippen LogP contribution is 2.38. The zero-order valence-corrected chi connectivity index (χ0v) is 19.5. The molecule has 1 N–H and O–H groups in total.